The molecule has 0 aliphatic carbocycles. The number of nitrogens with one attached hydrogen (secondary N) is 1. The first kappa shape index (κ1) is 13.3. The molecule has 0 aliphatic rings. The van der Waals surface area contributed by atoms with Crippen LogP contribution in [0, 0.1) is 17.8 Å². The molecule has 0 unspecified atom stereocenters. The molecule has 0 fully saturated rings. The third-order valence-corrected chi connectivity index (χ3v) is 2.23. The summed E-state index contributed by atoms with van der Waals surface area (Å²) in [6, 6.07) is 7.60. The Morgan fingerprint density at radius 1 is 1.47 bits per heavy atom. The van der Waals surface area contributed by atoms with Gasteiger partial charge in [-0.1, -0.05) is 37.8 Å². The lowest BCUT2D eigenvalue weighted by Gasteiger charge is -2.07. The summed E-state index contributed by atoms with van der Waals surface area (Å²) in [7, 11) is 0. The Morgan fingerprint density at radius 3 is 2.88 bits per heavy atom. The molecule has 1 aromatic carbocycles. The Kier molecular flexibility index (Phi) is 5.25. The van der Waals surface area contributed by atoms with Crippen molar-refractivity contribution in [3.05, 3.63) is 35.4 Å². The SMILES string of the molecule is CC(C)C(=O)NCc1cccc(C#CCO)c1. The van der Waals surface area contributed by atoms with E-state index in [0.29, 0.717) is 6.54 Å². The molecule has 17 heavy (non-hydrogen) atoms. The molecule has 1 aromatic rings. The van der Waals surface area contributed by atoms with Gasteiger partial charge in [-0.15, -0.1) is 0 Å². The normalized spacial score (nSPS) is 9.65. The van der Waals surface area contributed by atoms with Crippen molar-refractivity contribution in [1.29, 1.82) is 0 Å². The number of carbonyl (C=O) groups excluding carboxylic acids is 1. The summed E-state index contributed by atoms with van der Waals surface area (Å²) in [5, 5.41) is 11.4. The first-order valence-electron chi connectivity index (χ1n) is 5.60. The average Bonchev–Trinajstić information content (AvgIpc) is 2.33. The van der Waals surface area contributed by atoms with E-state index in [0.717, 1.165) is 11.1 Å². The van der Waals surface area contributed by atoms with Gasteiger partial charge >= 0.3 is 0 Å². The number of carbonyl (C=O) groups is 1. The molecule has 2 N–H and O–H groups in total. The maximum atomic E-state index is 11.4. The van der Waals surface area contributed by atoms with E-state index in [1.165, 1.54) is 0 Å². The van der Waals surface area contributed by atoms with Gasteiger partial charge in [0.05, 0.1) is 0 Å². The van der Waals surface area contributed by atoms with Gasteiger partial charge in [0.15, 0.2) is 0 Å². The van der Waals surface area contributed by atoms with E-state index in [-0.39, 0.29) is 18.4 Å². The highest BCUT2D eigenvalue weighted by Gasteiger charge is 2.05. The van der Waals surface area contributed by atoms with Gasteiger partial charge in [0.25, 0.3) is 0 Å². The summed E-state index contributed by atoms with van der Waals surface area (Å²) < 4.78 is 0. The van der Waals surface area contributed by atoms with Gasteiger partial charge in [-0.2, -0.15) is 0 Å². The smallest absolute Gasteiger partial charge is 0.222 e. The van der Waals surface area contributed by atoms with Gasteiger partial charge in [0, 0.05) is 18.0 Å². The molecule has 0 heterocycles. The molecule has 0 aliphatic heterocycles. The lowest BCUT2D eigenvalue weighted by molar-refractivity contribution is -0.124. The van der Waals surface area contributed by atoms with E-state index < -0.39 is 0 Å². The van der Waals surface area contributed by atoms with E-state index in [9.17, 15) is 4.79 Å². The van der Waals surface area contributed by atoms with Crippen molar-refractivity contribution in [2.24, 2.45) is 5.92 Å². The summed E-state index contributed by atoms with van der Waals surface area (Å²) in [5.74, 6) is 5.46. The zero-order chi connectivity index (χ0) is 12.7. The monoisotopic (exact) mass is 231 g/mol. The van der Waals surface area contributed by atoms with Crippen LogP contribution < -0.4 is 5.32 Å². The first-order valence-corrected chi connectivity index (χ1v) is 5.60. The van der Waals surface area contributed by atoms with Crippen molar-refractivity contribution >= 4 is 5.91 Å². The molecular formula is C14H17NO2. The van der Waals surface area contributed by atoms with E-state index in [2.05, 4.69) is 17.2 Å². The number of rotatable bonds is 3. The molecule has 0 saturated carbocycles. The van der Waals surface area contributed by atoms with Gasteiger partial charge < -0.3 is 10.4 Å². The van der Waals surface area contributed by atoms with E-state index in [1.807, 2.05) is 38.1 Å². The lowest BCUT2D eigenvalue weighted by atomic mass is 10.1. The Bertz CT molecular complexity index is 441. The van der Waals surface area contributed by atoms with E-state index >= 15 is 0 Å². The highest BCUT2D eigenvalue weighted by Crippen LogP contribution is 2.04. The highest BCUT2D eigenvalue weighted by atomic mass is 16.2. The molecular weight excluding hydrogens is 214 g/mol. The lowest BCUT2D eigenvalue weighted by Crippen LogP contribution is -2.27. The number of amides is 1. The van der Waals surface area contributed by atoms with Gasteiger partial charge in [-0.05, 0) is 17.7 Å². The zero-order valence-corrected chi connectivity index (χ0v) is 10.2. The van der Waals surface area contributed by atoms with E-state index in [1.54, 1.807) is 0 Å². The maximum absolute atomic E-state index is 11.4. The topological polar surface area (TPSA) is 49.3 Å². The number of hydrogen-bond acceptors (Lipinski definition) is 2. The summed E-state index contributed by atoms with van der Waals surface area (Å²) in [6.07, 6.45) is 0. The van der Waals surface area contributed by atoms with Crippen molar-refractivity contribution in [2.45, 2.75) is 20.4 Å². The van der Waals surface area contributed by atoms with Crippen LogP contribution in [0.1, 0.15) is 25.0 Å². The van der Waals surface area contributed by atoms with Crippen molar-refractivity contribution in [3.63, 3.8) is 0 Å². The average molecular weight is 231 g/mol. The van der Waals surface area contributed by atoms with Crippen LogP contribution in [0.2, 0.25) is 0 Å². The van der Waals surface area contributed by atoms with Crippen molar-refractivity contribution < 1.29 is 9.90 Å². The minimum Gasteiger partial charge on any atom is -0.384 e. The second kappa shape index (κ2) is 6.72. The van der Waals surface area contributed by atoms with Gasteiger partial charge in [-0.25, -0.2) is 0 Å². The third-order valence-electron chi connectivity index (χ3n) is 2.23. The van der Waals surface area contributed by atoms with Gasteiger partial charge in [0.2, 0.25) is 5.91 Å². The molecule has 90 valence electrons. The van der Waals surface area contributed by atoms with Crippen molar-refractivity contribution in [1.82, 2.24) is 5.32 Å². The van der Waals surface area contributed by atoms with Gasteiger partial charge in [-0.3, -0.25) is 4.79 Å². The van der Waals surface area contributed by atoms with Crippen LogP contribution in [-0.2, 0) is 11.3 Å². The predicted molar refractivity (Wildman–Crippen MR) is 67.1 cm³/mol. The molecule has 0 aromatic heterocycles. The zero-order valence-electron chi connectivity index (χ0n) is 10.2. The van der Waals surface area contributed by atoms with Crippen LogP contribution in [0.25, 0.3) is 0 Å². The fraction of sp³-hybridized carbons (Fsp3) is 0.357. The largest absolute Gasteiger partial charge is 0.384 e. The molecule has 0 spiro atoms. The third kappa shape index (κ3) is 4.71. The highest BCUT2D eigenvalue weighted by molar-refractivity contribution is 5.77. The first-order chi connectivity index (χ1) is 8.13. The van der Waals surface area contributed by atoms with Crippen LogP contribution in [-0.4, -0.2) is 17.6 Å². The summed E-state index contributed by atoms with van der Waals surface area (Å²) in [4.78, 5) is 11.4. The maximum Gasteiger partial charge on any atom is 0.222 e. The number of aliphatic hydroxyl groups is 1. The molecule has 0 saturated heterocycles. The Morgan fingerprint density at radius 2 is 2.24 bits per heavy atom. The van der Waals surface area contributed by atoms with Crippen molar-refractivity contribution in [3.8, 4) is 11.8 Å². The predicted octanol–water partition coefficient (Wildman–Crippen LogP) is 1.30. The summed E-state index contributed by atoms with van der Waals surface area (Å²) in [6.45, 7) is 4.08. The van der Waals surface area contributed by atoms with Crippen LogP contribution in [0.15, 0.2) is 24.3 Å². The van der Waals surface area contributed by atoms with Gasteiger partial charge in [0.1, 0.15) is 6.61 Å². The number of aliphatic hydroxyl groups excluding tert-OH is 1. The Labute approximate surface area is 102 Å². The summed E-state index contributed by atoms with van der Waals surface area (Å²) >= 11 is 0. The van der Waals surface area contributed by atoms with Crippen LogP contribution in [0.5, 0.6) is 0 Å². The molecule has 0 radical (unpaired) electrons. The standard InChI is InChI=1S/C14H17NO2/c1-11(2)14(17)15-10-13-6-3-5-12(9-13)7-4-8-16/h3,5-6,9,11,16H,8,10H2,1-2H3,(H,15,17). The molecule has 1 rings (SSSR count). The number of benzene rings is 1. The summed E-state index contributed by atoms with van der Waals surface area (Å²) in [5.41, 5.74) is 1.85. The van der Waals surface area contributed by atoms with Crippen LogP contribution in [0.4, 0.5) is 0 Å². The second-order valence-corrected chi connectivity index (χ2v) is 4.03. The molecule has 0 bridgehead atoms. The molecule has 0 atom stereocenters. The van der Waals surface area contributed by atoms with E-state index in [4.69, 9.17) is 5.11 Å². The van der Waals surface area contributed by atoms with Crippen molar-refractivity contribution in [2.75, 3.05) is 6.61 Å². The fourth-order valence-corrected chi connectivity index (χ4v) is 1.29. The fourth-order valence-electron chi connectivity index (χ4n) is 1.29. The molecule has 1 amide bonds. The minimum absolute atomic E-state index is 0.00707. The van der Waals surface area contributed by atoms with Crippen LogP contribution >= 0.6 is 0 Å². The molecule has 3 nitrogen and oxygen atoms in total. The molecule has 3 heteroatoms. The Hall–Kier alpha value is -1.79. The quantitative estimate of drug-likeness (QED) is 0.770. The second-order valence-electron chi connectivity index (χ2n) is 4.03. The number of hydrogen-bond donors (Lipinski definition) is 2. The minimum atomic E-state index is -0.145. The Balaban J connectivity index is 2.63. The van der Waals surface area contributed by atoms with Crippen LogP contribution in [0.3, 0.4) is 0 Å².